The molecule has 1 aromatic carbocycles. The Balaban J connectivity index is 2.14. The monoisotopic (exact) mass is 367 g/mol. The standard InChI is InChI=1S/C21H34FNO3/c1-3-4-5-6-7-8-9-17-26-20-14-12-19(13-15-20)11-10-16-23(22)18(2)21(24)25/h12-15,18H,3-11,16-17H2,1-2H3,(H,24,25). The van der Waals surface area contributed by atoms with E-state index in [4.69, 9.17) is 9.84 Å². The minimum absolute atomic E-state index is 0.115. The van der Waals surface area contributed by atoms with Crippen molar-refractivity contribution in [1.82, 2.24) is 5.12 Å². The van der Waals surface area contributed by atoms with E-state index in [1.54, 1.807) is 0 Å². The highest BCUT2D eigenvalue weighted by molar-refractivity contribution is 5.72. The fourth-order valence-corrected chi connectivity index (χ4v) is 2.75. The van der Waals surface area contributed by atoms with E-state index in [1.807, 2.05) is 24.3 Å². The van der Waals surface area contributed by atoms with E-state index in [-0.39, 0.29) is 6.54 Å². The van der Waals surface area contributed by atoms with Crippen LogP contribution in [-0.4, -0.2) is 35.4 Å². The number of aryl methyl sites for hydroxylation is 1. The number of benzene rings is 1. The van der Waals surface area contributed by atoms with Gasteiger partial charge in [-0.25, -0.2) is 0 Å². The summed E-state index contributed by atoms with van der Waals surface area (Å²) in [6.07, 6.45) is 10.2. The summed E-state index contributed by atoms with van der Waals surface area (Å²) in [5.41, 5.74) is 1.10. The highest BCUT2D eigenvalue weighted by atomic mass is 19.2. The molecule has 1 aromatic rings. The van der Waals surface area contributed by atoms with Gasteiger partial charge in [0.15, 0.2) is 0 Å². The zero-order chi connectivity index (χ0) is 19.2. The van der Waals surface area contributed by atoms with Gasteiger partial charge in [0.25, 0.3) is 0 Å². The van der Waals surface area contributed by atoms with Crippen LogP contribution in [0.1, 0.15) is 70.8 Å². The lowest BCUT2D eigenvalue weighted by molar-refractivity contribution is -0.150. The molecule has 148 valence electrons. The molecule has 1 N–H and O–H groups in total. The van der Waals surface area contributed by atoms with Crippen molar-refractivity contribution < 1.29 is 19.1 Å². The van der Waals surface area contributed by atoms with Gasteiger partial charge in [-0.1, -0.05) is 57.6 Å². The number of halogens is 1. The van der Waals surface area contributed by atoms with Crippen LogP contribution >= 0.6 is 0 Å². The molecule has 1 atom stereocenters. The van der Waals surface area contributed by atoms with Crippen molar-refractivity contribution in [2.24, 2.45) is 0 Å². The summed E-state index contributed by atoms with van der Waals surface area (Å²) in [7, 11) is 0. The van der Waals surface area contributed by atoms with Crippen LogP contribution in [0.15, 0.2) is 24.3 Å². The zero-order valence-corrected chi connectivity index (χ0v) is 16.3. The quantitative estimate of drug-likeness (QED) is 0.333. The van der Waals surface area contributed by atoms with Crippen molar-refractivity contribution in [3.05, 3.63) is 29.8 Å². The Morgan fingerprint density at radius 3 is 2.31 bits per heavy atom. The highest BCUT2D eigenvalue weighted by Gasteiger charge is 2.19. The Morgan fingerprint density at radius 2 is 1.69 bits per heavy atom. The van der Waals surface area contributed by atoms with Crippen molar-refractivity contribution in [1.29, 1.82) is 0 Å². The Bertz CT molecular complexity index is 493. The second kappa shape index (κ2) is 13.6. The van der Waals surface area contributed by atoms with Gasteiger partial charge in [-0.05, 0) is 43.9 Å². The van der Waals surface area contributed by atoms with Gasteiger partial charge in [0, 0.05) is 6.54 Å². The van der Waals surface area contributed by atoms with Crippen LogP contribution < -0.4 is 4.74 Å². The number of carbonyl (C=O) groups is 1. The van der Waals surface area contributed by atoms with Gasteiger partial charge in [0.1, 0.15) is 11.8 Å². The molecule has 0 fully saturated rings. The highest BCUT2D eigenvalue weighted by Crippen LogP contribution is 2.15. The molecule has 0 amide bonds. The van der Waals surface area contributed by atoms with Gasteiger partial charge in [0.05, 0.1) is 6.61 Å². The molecule has 26 heavy (non-hydrogen) atoms. The predicted octanol–water partition coefficient (Wildman–Crippen LogP) is 5.41. The van der Waals surface area contributed by atoms with Crippen molar-refractivity contribution in [3.8, 4) is 5.75 Å². The molecule has 0 spiro atoms. The Hall–Kier alpha value is -1.62. The van der Waals surface area contributed by atoms with E-state index in [0.717, 1.165) is 24.3 Å². The van der Waals surface area contributed by atoms with E-state index in [9.17, 15) is 9.28 Å². The number of hydrogen-bond donors (Lipinski definition) is 1. The maximum atomic E-state index is 13.5. The van der Waals surface area contributed by atoms with E-state index < -0.39 is 12.0 Å². The molecule has 0 aliphatic heterocycles. The van der Waals surface area contributed by atoms with Gasteiger partial charge in [-0.3, -0.25) is 4.79 Å². The normalized spacial score (nSPS) is 12.3. The molecule has 5 heteroatoms. The molecule has 0 aliphatic carbocycles. The largest absolute Gasteiger partial charge is 0.494 e. The Morgan fingerprint density at radius 1 is 1.08 bits per heavy atom. The maximum absolute atomic E-state index is 13.5. The molecule has 1 unspecified atom stereocenters. The molecule has 0 aliphatic rings. The molecular formula is C21H34FNO3. The van der Waals surface area contributed by atoms with Crippen molar-refractivity contribution in [2.75, 3.05) is 13.2 Å². The second-order valence-corrected chi connectivity index (χ2v) is 6.85. The number of aliphatic carboxylic acids is 1. The summed E-state index contributed by atoms with van der Waals surface area (Å²) in [4.78, 5) is 10.7. The first-order valence-electron chi connectivity index (χ1n) is 9.91. The second-order valence-electron chi connectivity index (χ2n) is 6.85. The van der Waals surface area contributed by atoms with Gasteiger partial charge < -0.3 is 9.84 Å². The van der Waals surface area contributed by atoms with Crippen LogP contribution in [-0.2, 0) is 11.2 Å². The van der Waals surface area contributed by atoms with Crippen LogP contribution in [0.4, 0.5) is 4.48 Å². The van der Waals surface area contributed by atoms with Gasteiger partial charge in [-0.2, -0.15) is 0 Å². The molecule has 0 radical (unpaired) electrons. The smallest absolute Gasteiger partial charge is 0.323 e. The first-order valence-corrected chi connectivity index (χ1v) is 9.91. The number of ether oxygens (including phenoxy) is 1. The molecular weight excluding hydrogens is 333 g/mol. The van der Waals surface area contributed by atoms with Crippen LogP contribution in [0.5, 0.6) is 5.75 Å². The van der Waals surface area contributed by atoms with E-state index >= 15 is 0 Å². The fourth-order valence-electron chi connectivity index (χ4n) is 2.75. The molecule has 0 heterocycles. The fraction of sp³-hybridized carbons (Fsp3) is 0.667. The van der Waals surface area contributed by atoms with Gasteiger partial charge in [-0.15, -0.1) is 9.60 Å². The summed E-state index contributed by atoms with van der Waals surface area (Å²) >= 11 is 0. The van der Waals surface area contributed by atoms with Crippen LogP contribution in [0, 0.1) is 0 Å². The third kappa shape index (κ3) is 9.76. The van der Waals surface area contributed by atoms with Crippen LogP contribution in [0.3, 0.4) is 0 Å². The number of rotatable bonds is 15. The molecule has 0 bridgehead atoms. The van der Waals surface area contributed by atoms with Crippen molar-refractivity contribution in [2.45, 2.75) is 77.7 Å². The lowest BCUT2D eigenvalue weighted by Crippen LogP contribution is -2.33. The summed E-state index contributed by atoms with van der Waals surface area (Å²) in [6.45, 7) is 4.44. The Kier molecular flexibility index (Phi) is 11.7. The SMILES string of the molecule is CCCCCCCCCOc1ccc(CCCN(F)C(C)C(=O)O)cc1. The van der Waals surface area contributed by atoms with Crippen LogP contribution in [0.25, 0.3) is 0 Å². The zero-order valence-electron chi connectivity index (χ0n) is 16.3. The van der Waals surface area contributed by atoms with E-state index in [2.05, 4.69) is 6.92 Å². The first-order chi connectivity index (χ1) is 12.5. The summed E-state index contributed by atoms with van der Waals surface area (Å²) in [5, 5.41) is 9.13. The summed E-state index contributed by atoms with van der Waals surface area (Å²) < 4.78 is 19.3. The third-order valence-electron chi connectivity index (χ3n) is 4.55. The summed E-state index contributed by atoms with van der Waals surface area (Å²) in [6, 6.07) is 6.78. The Labute approximate surface area is 157 Å². The van der Waals surface area contributed by atoms with E-state index in [1.165, 1.54) is 45.4 Å². The van der Waals surface area contributed by atoms with Gasteiger partial charge in [0.2, 0.25) is 0 Å². The third-order valence-corrected chi connectivity index (χ3v) is 4.55. The number of carboxylic acids is 1. The maximum Gasteiger partial charge on any atom is 0.323 e. The molecule has 0 saturated heterocycles. The minimum atomic E-state index is -1.14. The number of nitrogens with zero attached hydrogens (tertiary/aromatic N) is 1. The number of carboxylic acid groups (broad SMARTS) is 1. The predicted molar refractivity (Wildman–Crippen MR) is 103 cm³/mol. The first kappa shape index (κ1) is 22.4. The summed E-state index contributed by atoms with van der Waals surface area (Å²) in [5.74, 6) is -0.277. The van der Waals surface area contributed by atoms with Crippen molar-refractivity contribution in [3.63, 3.8) is 0 Å². The molecule has 1 rings (SSSR count). The minimum Gasteiger partial charge on any atom is -0.494 e. The average Bonchev–Trinajstić information content (AvgIpc) is 2.64. The topological polar surface area (TPSA) is 49.8 Å². The van der Waals surface area contributed by atoms with Crippen molar-refractivity contribution >= 4 is 5.97 Å². The molecule has 0 aromatic heterocycles. The number of unbranched alkanes of at least 4 members (excludes halogenated alkanes) is 6. The lowest BCUT2D eigenvalue weighted by Gasteiger charge is -2.15. The molecule has 4 nitrogen and oxygen atoms in total. The molecule has 0 saturated carbocycles. The number of hydrogen-bond acceptors (Lipinski definition) is 3. The van der Waals surface area contributed by atoms with Gasteiger partial charge >= 0.3 is 5.97 Å². The lowest BCUT2D eigenvalue weighted by atomic mass is 10.1. The van der Waals surface area contributed by atoms with Crippen LogP contribution in [0.2, 0.25) is 0 Å². The average molecular weight is 368 g/mol. The van der Waals surface area contributed by atoms with E-state index in [0.29, 0.717) is 18.0 Å².